The van der Waals surface area contributed by atoms with Gasteiger partial charge in [-0.1, -0.05) is 12.1 Å². The molecule has 4 aromatic rings. The van der Waals surface area contributed by atoms with Crippen LogP contribution in [0.4, 0.5) is 11.4 Å². The second-order valence-corrected chi connectivity index (χ2v) is 6.36. The number of para-hydroxylation sites is 2. The van der Waals surface area contributed by atoms with E-state index in [-0.39, 0.29) is 11.6 Å². The van der Waals surface area contributed by atoms with E-state index in [0.717, 1.165) is 16.7 Å². The van der Waals surface area contributed by atoms with Crippen molar-refractivity contribution in [2.45, 2.75) is 6.92 Å². The number of rotatable bonds is 4. The maximum absolute atomic E-state index is 12.4. The van der Waals surface area contributed by atoms with Gasteiger partial charge in [-0.3, -0.25) is 19.5 Å². The molecule has 1 heterocycles. The van der Waals surface area contributed by atoms with Crippen molar-refractivity contribution < 1.29 is 9.72 Å². The molecule has 4 rings (SSSR count). The third-order valence-corrected chi connectivity index (χ3v) is 4.51. The smallest absolute Gasteiger partial charge is 0.272 e. The number of aryl methyl sites for hydroxylation is 1. The van der Waals surface area contributed by atoms with Crippen LogP contribution in [0.3, 0.4) is 0 Å². The molecule has 28 heavy (non-hydrogen) atoms. The van der Waals surface area contributed by atoms with E-state index in [0.29, 0.717) is 16.8 Å². The van der Waals surface area contributed by atoms with Gasteiger partial charge in [-0.15, -0.1) is 0 Å². The Balaban J connectivity index is 1.54. The van der Waals surface area contributed by atoms with Crippen molar-refractivity contribution in [3.05, 3.63) is 94.3 Å². The van der Waals surface area contributed by atoms with Crippen molar-refractivity contribution in [1.82, 2.24) is 9.55 Å². The number of nitro benzene ring substituents is 1. The Kier molecular flexibility index (Phi) is 4.33. The maximum atomic E-state index is 12.4. The lowest BCUT2D eigenvalue weighted by atomic mass is 10.1. The van der Waals surface area contributed by atoms with Gasteiger partial charge in [-0.05, 0) is 55.5 Å². The third kappa shape index (κ3) is 3.21. The number of aromatic nitrogens is 2. The van der Waals surface area contributed by atoms with Crippen LogP contribution in [-0.4, -0.2) is 20.4 Å². The van der Waals surface area contributed by atoms with Crippen molar-refractivity contribution >= 4 is 28.3 Å². The third-order valence-electron chi connectivity index (χ3n) is 4.51. The van der Waals surface area contributed by atoms with E-state index in [1.807, 2.05) is 41.0 Å². The summed E-state index contributed by atoms with van der Waals surface area (Å²) < 4.78 is 1.97. The number of imidazole rings is 1. The van der Waals surface area contributed by atoms with Crippen molar-refractivity contribution in [1.29, 1.82) is 0 Å². The molecule has 0 saturated heterocycles. The molecule has 7 nitrogen and oxygen atoms in total. The zero-order valence-electron chi connectivity index (χ0n) is 15.0. The molecule has 1 N–H and O–H groups in total. The molecule has 7 heteroatoms. The molecule has 0 aliphatic carbocycles. The van der Waals surface area contributed by atoms with Gasteiger partial charge in [-0.25, -0.2) is 4.98 Å². The highest BCUT2D eigenvalue weighted by molar-refractivity contribution is 6.04. The van der Waals surface area contributed by atoms with Gasteiger partial charge in [0, 0.05) is 28.6 Å². The minimum Gasteiger partial charge on any atom is -0.322 e. The molecule has 0 aliphatic rings. The van der Waals surface area contributed by atoms with Gasteiger partial charge in [0.1, 0.15) is 6.33 Å². The lowest BCUT2D eigenvalue weighted by Crippen LogP contribution is -2.12. The summed E-state index contributed by atoms with van der Waals surface area (Å²) in [5.74, 6) is -0.321. The second kappa shape index (κ2) is 6.96. The van der Waals surface area contributed by atoms with E-state index in [1.165, 1.54) is 18.2 Å². The Bertz CT molecular complexity index is 1200. The fraction of sp³-hybridized carbons (Fsp3) is 0.0476. The van der Waals surface area contributed by atoms with Crippen LogP contribution in [0, 0.1) is 17.0 Å². The van der Waals surface area contributed by atoms with Crippen LogP contribution in [0.15, 0.2) is 73.1 Å². The zero-order valence-corrected chi connectivity index (χ0v) is 15.0. The van der Waals surface area contributed by atoms with Gasteiger partial charge in [0.2, 0.25) is 0 Å². The molecule has 0 aliphatic heterocycles. The Morgan fingerprint density at radius 2 is 1.82 bits per heavy atom. The first-order chi connectivity index (χ1) is 13.5. The van der Waals surface area contributed by atoms with E-state index in [4.69, 9.17) is 0 Å². The second-order valence-electron chi connectivity index (χ2n) is 6.36. The van der Waals surface area contributed by atoms with Crippen molar-refractivity contribution in [2.24, 2.45) is 0 Å². The van der Waals surface area contributed by atoms with Crippen LogP contribution in [0.25, 0.3) is 16.7 Å². The van der Waals surface area contributed by atoms with Crippen LogP contribution in [0.1, 0.15) is 15.9 Å². The van der Waals surface area contributed by atoms with E-state index in [2.05, 4.69) is 10.3 Å². The number of hydrogen-bond donors (Lipinski definition) is 1. The molecule has 3 aromatic carbocycles. The number of anilines is 1. The predicted octanol–water partition coefficient (Wildman–Crippen LogP) is 4.49. The first-order valence-electron chi connectivity index (χ1n) is 8.62. The molecule has 0 saturated carbocycles. The van der Waals surface area contributed by atoms with Gasteiger partial charge in [0.05, 0.1) is 16.0 Å². The average Bonchev–Trinajstić information content (AvgIpc) is 3.12. The quantitative estimate of drug-likeness (QED) is 0.422. The number of hydrogen-bond acceptors (Lipinski definition) is 4. The summed E-state index contributed by atoms with van der Waals surface area (Å²) in [6, 6.07) is 19.6. The standard InChI is InChI=1S/C21H16N4O3/c1-14-12-15(6-11-19(14)25(27)28)21(26)23-16-7-9-17(10-8-16)24-13-22-18-4-2-3-5-20(18)24/h2-13H,1H3,(H,23,26). The highest BCUT2D eigenvalue weighted by Gasteiger charge is 2.14. The molecule has 0 spiro atoms. The van der Waals surface area contributed by atoms with Crippen LogP contribution in [0.5, 0.6) is 0 Å². The lowest BCUT2D eigenvalue weighted by molar-refractivity contribution is -0.385. The minimum absolute atomic E-state index is 0.00605. The summed E-state index contributed by atoms with van der Waals surface area (Å²) in [4.78, 5) is 27.3. The van der Waals surface area contributed by atoms with Gasteiger partial charge in [0.25, 0.3) is 11.6 Å². The number of carbonyl (C=O) groups excluding carboxylic acids is 1. The number of amides is 1. The van der Waals surface area contributed by atoms with Gasteiger partial charge >= 0.3 is 0 Å². The summed E-state index contributed by atoms with van der Waals surface area (Å²) in [6.07, 6.45) is 1.76. The van der Waals surface area contributed by atoms with Gasteiger partial charge < -0.3 is 5.32 Å². The first kappa shape index (κ1) is 17.4. The Hall–Kier alpha value is -4.00. The van der Waals surface area contributed by atoms with E-state index < -0.39 is 4.92 Å². The van der Waals surface area contributed by atoms with Crippen LogP contribution < -0.4 is 5.32 Å². The Morgan fingerprint density at radius 3 is 2.54 bits per heavy atom. The Labute approximate surface area is 160 Å². The summed E-state index contributed by atoms with van der Waals surface area (Å²) >= 11 is 0. The predicted molar refractivity (Wildman–Crippen MR) is 107 cm³/mol. The highest BCUT2D eigenvalue weighted by Crippen LogP contribution is 2.21. The monoisotopic (exact) mass is 372 g/mol. The molecule has 1 aromatic heterocycles. The van der Waals surface area contributed by atoms with E-state index in [9.17, 15) is 14.9 Å². The molecule has 0 atom stereocenters. The number of fused-ring (bicyclic) bond motifs is 1. The van der Waals surface area contributed by atoms with E-state index in [1.54, 1.807) is 25.4 Å². The molecule has 0 bridgehead atoms. The van der Waals surface area contributed by atoms with Crippen LogP contribution in [-0.2, 0) is 0 Å². The summed E-state index contributed by atoms with van der Waals surface area (Å²) in [5, 5.41) is 13.7. The number of nitro groups is 1. The SMILES string of the molecule is Cc1cc(C(=O)Nc2ccc(-n3cnc4ccccc43)cc2)ccc1[N+](=O)[O-]. The topological polar surface area (TPSA) is 90.1 Å². The van der Waals surface area contributed by atoms with Crippen LogP contribution >= 0.6 is 0 Å². The minimum atomic E-state index is -0.463. The largest absolute Gasteiger partial charge is 0.322 e. The molecule has 0 fully saturated rings. The van der Waals surface area contributed by atoms with E-state index >= 15 is 0 Å². The van der Waals surface area contributed by atoms with Crippen molar-refractivity contribution in [3.63, 3.8) is 0 Å². The fourth-order valence-corrected chi connectivity index (χ4v) is 3.08. The highest BCUT2D eigenvalue weighted by atomic mass is 16.6. The summed E-state index contributed by atoms with van der Waals surface area (Å²) in [6.45, 7) is 1.61. The van der Waals surface area contributed by atoms with Gasteiger partial charge in [-0.2, -0.15) is 0 Å². The molecular weight excluding hydrogens is 356 g/mol. The fourth-order valence-electron chi connectivity index (χ4n) is 3.08. The first-order valence-corrected chi connectivity index (χ1v) is 8.62. The van der Waals surface area contributed by atoms with Gasteiger partial charge in [0.15, 0.2) is 0 Å². The normalized spacial score (nSPS) is 10.8. The molecular formula is C21H16N4O3. The number of benzene rings is 3. The van der Waals surface area contributed by atoms with Crippen molar-refractivity contribution in [3.8, 4) is 5.69 Å². The lowest BCUT2D eigenvalue weighted by Gasteiger charge is -2.08. The molecule has 0 unspecified atom stereocenters. The van der Waals surface area contributed by atoms with Crippen LogP contribution in [0.2, 0.25) is 0 Å². The number of nitrogens with one attached hydrogen (secondary N) is 1. The maximum Gasteiger partial charge on any atom is 0.272 e. The summed E-state index contributed by atoms with van der Waals surface area (Å²) in [7, 11) is 0. The molecule has 1 amide bonds. The zero-order chi connectivity index (χ0) is 19.7. The van der Waals surface area contributed by atoms with Crippen molar-refractivity contribution in [2.75, 3.05) is 5.32 Å². The Morgan fingerprint density at radius 1 is 1.07 bits per heavy atom. The summed E-state index contributed by atoms with van der Waals surface area (Å²) in [5.41, 5.74) is 4.28. The number of carbonyl (C=O) groups is 1. The molecule has 0 radical (unpaired) electrons. The average molecular weight is 372 g/mol. The molecule has 138 valence electrons. The number of nitrogens with zero attached hydrogens (tertiary/aromatic N) is 3.